The molecule has 4 heteroatoms. The van der Waals surface area contributed by atoms with Crippen LogP contribution >= 0.6 is 15.9 Å². The van der Waals surface area contributed by atoms with Crippen molar-refractivity contribution >= 4 is 21.7 Å². The van der Waals surface area contributed by atoms with Crippen LogP contribution in [-0.2, 0) is 0 Å². The van der Waals surface area contributed by atoms with Gasteiger partial charge in [-0.05, 0) is 47.3 Å². The summed E-state index contributed by atoms with van der Waals surface area (Å²) in [5.41, 5.74) is 0.624. The highest BCUT2D eigenvalue weighted by atomic mass is 79.9. The van der Waals surface area contributed by atoms with Crippen molar-refractivity contribution in [2.24, 2.45) is 0 Å². The molecule has 2 N–H and O–H groups in total. The van der Waals surface area contributed by atoms with Crippen molar-refractivity contribution in [3.63, 3.8) is 0 Å². The third-order valence-corrected chi connectivity index (χ3v) is 4.01. The van der Waals surface area contributed by atoms with E-state index in [4.69, 9.17) is 0 Å². The fourth-order valence-electron chi connectivity index (χ4n) is 2.10. The number of aryl methyl sites for hydroxylation is 1. The molecule has 0 aromatic carbocycles. The number of aliphatic hydroxyl groups is 1. The molecule has 0 bridgehead atoms. The molecule has 1 aliphatic rings. The van der Waals surface area contributed by atoms with E-state index < -0.39 is 5.60 Å². The Labute approximate surface area is 104 Å². The Kier molecular flexibility index (Phi) is 3.50. The van der Waals surface area contributed by atoms with Crippen LogP contribution in [0.2, 0.25) is 0 Å². The van der Waals surface area contributed by atoms with Crippen LogP contribution in [0.1, 0.15) is 31.2 Å². The fourth-order valence-corrected chi connectivity index (χ4v) is 2.32. The first-order valence-electron chi connectivity index (χ1n) is 5.67. The quantitative estimate of drug-likeness (QED) is 0.897. The van der Waals surface area contributed by atoms with E-state index in [2.05, 4.69) is 26.2 Å². The maximum Gasteiger partial charge on any atom is 0.126 e. The van der Waals surface area contributed by atoms with Crippen molar-refractivity contribution in [1.82, 2.24) is 4.98 Å². The average Bonchev–Trinajstić information content (AvgIpc) is 2.68. The van der Waals surface area contributed by atoms with Crippen molar-refractivity contribution in [3.8, 4) is 0 Å². The topological polar surface area (TPSA) is 45.1 Å². The number of halogens is 1. The molecule has 1 aromatic heterocycles. The van der Waals surface area contributed by atoms with E-state index in [0.717, 1.165) is 41.5 Å². The Hall–Kier alpha value is -0.610. The van der Waals surface area contributed by atoms with Crippen molar-refractivity contribution in [3.05, 3.63) is 22.3 Å². The Morgan fingerprint density at radius 3 is 2.81 bits per heavy atom. The van der Waals surface area contributed by atoms with Gasteiger partial charge in [0.1, 0.15) is 5.82 Å². The lowest BCUT2D eigenvalue weighted by Gasteiger charge is -2.22. The average molecular weight is 285 g/mol. The summed E-state index contributed by atoms with van der Waals surface area (Å²) in [5.74, 6) is 0.834. The number of hydrogen-bond acceptors (Lipinski definition) is 3. The first kappa shape index (κ1) is 11.9. The lowest BCUT2D eigenvalue weighted by Crippen LogP contribution is -2.33. The van der Waals surface area contributed by atoms with E-state index in [1.807, 2.05) is 13.0 Å². The summed E-state index contributed by atoms with van der Waals surface area (Å²) in [6, 6.07) is 1.99. The van der Waals surface area contributed by atoms with Crippen LogP contribution < -0.4 is 5.32 Å². The Morgan fingerprint density at radius 1 is 1.50 bits per heavy atom. The molecule has 0 spiro atoms. The van der Waals surface area contributed by atoms with Crippen LogP contribution in [0.5, 0.6) is 0 Å². The number of rotatable bonds is 3. The lowest BCUT2D eigenvalue weighted by molar-refractivity contribution is 0.0614. The number of pyridine rings is 1. The fraction of sp³-hybridized carbons (Fsp3) is 0.583. The monoisotopic (exact) mass is 284 g/mol. The smallest absolute Gasteiger partial charge is 0.126 e. The van der Waals surface area contributed by atoms with Crippen molar-refractivity contribution in [2.45, 2.75) is 38.2 Å². The lowest BCUT2D eigenvalue weighted by atomic mass is 10.0. The minimum Gasteiger partial charge on any atom is -0.388 e. The molecule has 1 fully saturated rings. The maximum absolute atomic E-state index is 10.2. The highest BCUT2D eigenvalue weighted by molar-refractivity contribution is 9.10. The molecule has 0 radical (unpaired) electrons. The highest BCUT2D eigenvalue weighted by Crippen LogP contribution is 2.29. The predicted molar refractivity (Wildman–Crippen MR) is 68.6 cm³/mol. The van der Waals surface area contributed by atoms with E-state index >= 15 is 0 Å². The standard InChI is InChI=1S/C12H17BrN2O/c1-9-6-11(14-7-10(9)13)15-8-12(16)4-2-3-5-12/h6-7,16H,2-5,8H2,1H3,(H,14,15). The molecule has 0 aliphatic heterocycles. The molecule has 1 aromatic rings. The second-order valence-electron chi connectivity index (χ2n) is 4.60. The van der Waals surface area contributed by atoms with Gasteiger partial charge in [-0.3, -0.25) is 0 Å². The second kappa shape index (κ2) is 4.72. The van der Waals surface area contributed by atoms with E-state index in [-0.39, 0.29) is 0 Å². The SMILES string of the molecule is Cc1cc(NCC2(O)CCCC2)ncc1Br. The molecule has 1 saturated carbocycles. The molecule has 0 unspecified atom stereocenters. The van der Waals surface area contributed by atoms with Gasteiger partial charge in [-0.2, -0.15) is 0 Å². The van der Waals surface area contributed by atoms with Gasteiger partial charge < -0.3 is 10.4 Å². The van der Waals surface area contributed by atoms with Gasteiger partial charge in [-0.25, -0.2) is 4.98 Å². The Morgan fingerprint density at radius 2 is 2.19 bits per heavy atom. The summed E-state index contributed by atoms with van der Waals surface area (Å²) < 4.78 is 1.01. The zero-order valence-corrected chi connectivity index (χ0v) is 11.0. The van der Waals surface area contributed by atoms with E-state index in [9.17, 15) is 5.11 Å². The third-order valence-electron chi connectivity index (χ3n) is 3.18. The van der Waals surface area contributed by atoms with E-state index in [1.54, 1.807) is 6.20 Å². The van der Waals surface area contributed by atoms with Gasteiger partial charge in [0, 0.05) is 17.2 Å². The van der Waals surface area contributed by atoms with E-state index in [1.165, 1.54) is 0 Å². The third kappa shape index (κ3) is 2.74. The zero-order chi connectivity index (χ0) is 11.6. The molecular weight excluding hydrogens is 268 g/mol. The number of anilines is 1. The first-order chi connectivity index (χ1) is 7.59. The number of aromatic nitrogens is 1. The van der Waals surface area contributed by atoms with Crippen molar-refractivity contribution in [2.75, 3.05) is 11.9 Å². The summed E-state index contributed by atoms with van der Waals surface area (Å²) in [7, 11) is 0. The molecule has 0 amide bonds. The molecule has 88 valence electrons. The van der Waals surface area contributed by atoms with Crippen LogP contribution in [0, 0.1) is 6.92 Å². The summed E-state index contributed by atoms with van der Waals surface area (Å²) in [6.45, 7) is 2.63. The van der Waals surface area contributed by atoms with Crippen LogP contribution in [0.25, 0.3) is 0 Å². The maximum atomic E-state index is 10.2. The van der Waals surface area contributed by atoms with Gasteiger partial charge in [0.25, 0.3) is 0 Å². The van der Waals surface area contributed by atoms with Crippen LogP contribution in [0.15, 0.2) is 16.7 Å². The molecule has 1 aliphatic carbocycles. The summed E-state index contributed by atoms with van der Waals surface area (Å²) >= 11 is 3.42. The van der Waals surface area contributed by atoms with E-state index in [0.29, 0.717) is 6.54 Å². The highest BCUT2D eigenvalue weighted by Gasteiger charge is 2.30. The molecule has 1 heterocycles. The normalized spacial score (nSPS) is 18.7. The summed E-state index contributed by atoms with van der Waals surface area (Å²) in [4.78, 5) is 4.26. The summed E-state index contributed by atoms with van der Waals surface area (Å²) in [6.07, 6.45) is 5.84. The molecule has 2 rings (SSSR count). The van der Waals surface area contributed by atoms with Crippen LogP contribution in [-0.4, -0.2) is 22.2 Å². The molecule has 3 nitrogen and oxygen atoms in total. The van der Waals surface area contributed by atoms with Gasteiger partial charge in [0.2, 0.25) is 0 Å². The van der Waals surface area contributed by atoms with Gasteiger partial charge in [-0.1, -0.05) is 12.8 Å². The van der Waals surface area contributed by atoms with Gasteiger partial charge >= 0.3 is 0 Å². The molecular formula is C12H17BrN2O. The van der Waals surface area contributed by atoms with Crippen molar-refractivity contribution < 1.29 is 5.11 Å². The largest absolute Gasteiger partial charge is 0.388 e. The number of nitrogens with zero attached hydrogens (tertiary/aromatic N) is 1. The minimum absolute atomic E-state index is 0.525. The number of nitrogens with one attached hydrogen (secondary N) is 1. The van der Waals surface area contributed by atoms with Gasteiger partial charge in [0.05, 0.1) is 5.60 Å². The molecule has 16 heavy (non-hydrogen) atoms. The predicted octanol–water partition coefficient (Wildman–Crippen LogP) is 2.87. The first-order valence-corrected chi connectivity index (χ1v) is 6.47. The molecule has 0 atom stereocenters. The molecule has 0 saturated heterocycles. The zero-order valence-electron chi connectivity index (χ0n) is 9.46. The summed E-state index contributed by atoms with van der Waals surface area (Å²) in [5, 5.41) is 13.4. The van der Waals surface area contributed by atoms with Crippen LogP contribution in [0.4, 0.5) is 5.82 Å². The second-order valence-corrected chi connectivity index (χ2v) is 5.46. The van der Waals surface area contributed by atoms with Gasteiger partial charge in [0.15, 0.2) is 0 Å². The minimum atomic E-state index is -0.525. The Bertz CT molecular complexity index is 375. The Balaban J connectivity index is 1.96. The van der Waals surface area contributed by atoms with Gasteiger partial charge in [-0.15, -0.1) is 0 Å². The van der Waals surface area contributed by atoms with Crippen LogP contribution in [0.3, 0.4) is 0 Å². The number of hydrogen-bond donors (Lipinski definition) is 2. The van der Waals surface area contributed by atoms with Crippen molar-refractivity contribution in [1.29, 1.82) is 0 Å².